The molecule has 1 saturated heterocycles. The highest BCUT2D eigenvalue weighted by molar-refractivity contribution is 4.85. The average molecular weight is 240 g/mol. The number of hydrogen-bond donors (Lipinski definition) is 1. The predicted octanol–water partition coefficient (Wildman–Crippen LogP) is 2.99. The third-order valence-corrected chi connectivity index (χ3v) is 4.81. The number of nitrogens with one attached hydrogen (secondary N) is 1. The van der Waals surface area contributed by atoms with E-state index in [2.05, 4.69) is 51.9 Å². The molecule has 1 aliphatic heterocycles. The van der Waals surface area contributed by atoms with Gasteiger partial charge in [0, 0.05) is 12.6 Å². The van der Waals surface area contributed by atoms with Gasteiger partial charge in [-0.2, -0.15) is 0 Å². The van der Waals surface area contributed by atoms with Gasteiger partial charge in [-0.05, 0) is 57.2 Å². The van der Waals surface area contributed by atoms with E-state index in [9.17, 15) is 0 Å². The van der Waals surface area contributed by atoms with Crippen molar-refractivity contribution in [3.63, 3.8) is 0 Å². The summed E-state index contributed by atoms with van der Waals surface area (Å²) in [5.74, 6) is 1.82. The number of likely N-dealkylation sites (tertiary alicyclic amines) is 1. The van der Waals surface area contributed by atoms with Gasteiger partial charge in [-0.15, -0.1) is 0 Å². The van der Waals surface area contributed by atoms with Crippen LogP contribution >= 0.6 is 0 Å². The summed E-state index contributed by atoms with van der Waals surface area (Å²) in [4.78, 5) is 2.66. The van der Waals surface area contributed by atoms with E-state index in [0.29, 0.717) is 11.5 Å². The van der Waals surface area contributed by atoms with Crippen LogP contribution in [0.5, 0.6) is 0 Å². The lowest BCUT2D eigenvalue weighted by Crippen LogP contribution is -2.47. The summed E-state index contributed by atoms with van der Waals surface area (Å²) in [6.45, 7) is 15.6. The Kier molecular flexibility index (Phi) is 5.46. The van der Waals surface area contributed by atoms with Crippen LogP contribution < -0.4 is 5.32 Å². The number of rotatable bonds is 5. The van der Waals surface area contributed by atoms with E-state index in [1.54, 1.807) is 0 Å². The smallest absolute Gasteiger partial charge is 0.00991 e. The van der Waals surface area contributed by atoms with Crippen molar-refractivity contribution in [2.45, 2.75) is 53.5 Å². The van der Waals surface area contributed by atoms with Crippen molar-refractivity contribution >= 4 is 0 Å². The van der Waals surface area contributed by atoms with Crippen LogP contribution in [0.2, 0.25) is 0 Å². The zero-order valence-electron chi connectivity index (χ0n) is 12.7. The largest absolute Gasteiger partial charge is 0.317 e. The summed E-state index contributed by atoms with van der Waals surface area (Å²) in [7, 11) is 2.07. The van der Waals surface area contributed by atoms with Crippen LogP contribution in [0.15, 0.2) is 0 Å². The molecule has 2 nitrogen and oxygen atoms in total. The second-order valence-electron chi connectivity index (χ2n) is 6.86. The zero-order chi connectivity index (χ0) is 13.1. The van der Waals surface area contributed by atoms with E-state index in [0.717, 1.165) is 11.8 Å². The minimum absolute atomic E-state index is 0.361. The highest BCUT2D eigenvalue weighted by atomic mass is 15.1. The third kappa shape index (κ3) is 4.26. The van der Waals surface area contributed by atoms with Gasteiger partial charge in [-0.25, -0.2) is 0 Å². The van der Waals surface area contributed by atoms with Crippen LogP contribution in [-0.2, 0) is 0 Å². The molecule has 1 unspecified atom stereocenters. The van der Waals surface area contributed by atoms with Gasteiger partial charge in [0.25, 0.3) is 0 Å². The molecular formula is C15H32N2. The minimum Gasteiger partial charge on any atom is -0.317 e. The van der Waals surface area contributed by atoms with Gasteiger partial charge in [0.2, 0.25) is 0 Å². The van der Waals surface area contributed by atoms with E-state index < -0.39 is 0 Å². The average Bonchev–Trinajstić information content (AvgIpc) is 2.28. The van der Waals surface area contributed by atoms with E-state index in [1.807, 2.05) is 0 Å². The fraction of sp³-hybridized carbons (Fsp3) is 1.00. The molecule has 0 aromatic heterocycles. The Balaban J connectivity index is 2.40. The van der Waals surface area contributed by atoms with Crippen LogP contribution in [0.1, 0.15) is 47.5 Å². The van der Waals surface area contributed by atoms with Gasteiger partial charge < -0.3 is 10.2 Å². The summed E-state index contributed by atoms with van der Waals surface area (Å²) >= 11 is 0. The lowest BCUT2D eigenvalue weighted by Gasteiger charge is -2.40. The SMILES string of the molecule is CNC(C)C(C)(C)CN1CCC(C(C)C)CC1. The Morgan fingerprint density at radius 2 is 1.71 bits per heavy atom. The second-order valence-corrected chi connectivity index (χ2v) is 6.86. The number of piperidine rings is 1. The molecule has 1 atom stereocenters. The molecule has 0 aromatic rings. The van der Waals surface area contributed by atoms with E-state index in [1.165, 1.54) is 32.5 Å². The van der Waals surface area contributed by atoms with Crippen molar-refractivity contribution < 1.29 is 0 Å². The summed E-state index contributed by atoms with van der Waals surface area (Å²) in [5, 5.41) is 3.40. The Hall–Kier alpha value is -0.0800. The summed E-state index contributed by atoms with van der Waals surface area (Å²) in [6, 6.07) is 0.574. The summed E-state index contributed by atoms with van der Waals surface area (Å²) in [5.41, 5.74) is 0.361. The highest BCUT2D eigenvalue weighted by Gasteiger charge is 2.29. The molecule has 0 radical (unpaired) electrons. The van der Waals surface area contributed by atoms with E-state index in [-0.39, 0.29) is 0 Å². The lowest BCUT2D eigenvalue weighted by molar-refractivity contribution is 0.0975. The topological polar surface area (TPSA) is 15.3 Å². The predicted molar refractivity (Wildman–Crippen MR) is 76.3 cm³/mol. The van der Waals surface area contributed by atoms with Crippen LogP contribution in [0, 0.1) is 17.3 Å². The Morgan fingerprint density at radius 3 is 2.12 bits per heavy atom. The molecule has 1 N–H and O–H groups in total. The Morgan fingerprint density at radius 1 is 1.18 bits per heavy atom. The van der Waals surface area contributed by atoms with Crippen LogP contribution in [0.3, 0.4) is 0 Å². The van der Waals surface area contributed by atoms with Gasteiger partial charge in [-0.3, -0.25) is 0 Å². The molecule has 102 valence electrons. The molecule has 1 aliphatic rings. The van der Waals surface area contributed by atoms with Gasteiger partial charge in [0.1, 0.15) is 0 Å². The minimum atomic E-state index is 0.361. The lowest BCUT2D eigenvalue weighted by atomic mass is 9.82. The summed E-state index contributed by atoms with van der Waals surface area (Å²) < 4.78 is 0. The molecule has 0 bridgehead atoms. The monoisotopic (exact) mass is 240 g/mol. The quantitative estimate of drug-likeness (QED) is 0.795. The Labute approximate surface area is 108 Å². The van der Waals surface area contributed by atoms with E-state index >= 15 is 0 Å². The van der Waals surface area contributed by atoms with Crippen molar-refractivity contribution in [1.29, 1.82) is 0 Å². The fourth-order valence-corrected chi connectivity index (χ4v) is 2.88. The van der Waals surface area contributed by atoms with Crippen molar-refractivity contribution in [2.75, 3.05) is 26.7 Å². The molecule has 0 aromatic carbocycles. The van der Waals surface area contributed by atoms with Crippen molar-refractivity contribution in [2.24, 2.45) is 17.3 Å². The Bertz CT molecular complexity index is 215. The molecular weight excluding hydrogens is 208 g/mol. The fourth-order valence-electron chi connectivity index (χ4n) is 2.88. The molecule has 17 heavy (non-hydrogen) atoms. The maximum atomic E-state index is 3.40. The second kappa shape index (κ2) is 6.19. The molecule has 0 saturated carbocycles. The normalized spacial score (nSPS) is 22.1. The van der Waals surface area contributed by atoms with Crippen molar-refractivity contribution in [1.82, 2.24) is 10.2 Å². The highest BCUT2D eigenvalue weighted by Crippen LogP contribution is 2.28. The van der Waals surface area contributed by atoms with E-state index in [4.69, 9.17) is 0 Å². The third-order valence-electron chi connectivity index (χ3n) is 4.81. The molecule has 0 spiro atoms. The van der Waals surface area contributed by atoms with Crippen molar-refractivity contribution in [3.8, 4) is 0 Å². The standard InChI is InChI=1S/C15H32N2/c1-12(2)14-7-9-17(10-8-14)11-15(4,5)13(3)16-6/h12-14,16H,7-11H2,1-6H3. The maximum Gasteiger partial charge on any atom is 0.00991 e. The first-order valence-electron chi connectivity index (χ1n) is 7.26. The molecule has 1 rings (SSSR count). The molecule has 0 amide bonds. The first-order valence-corrected chi connectivity index (χ1v) is 7.26. The molecule has 2 heteroatoms. The molecule has 1 fully saturated rings. The summed E-state index contributed by atoms with van der Waals surface area (Å²) in [6.07, 6.45) is 2.78. The van der Waals surface area contributed by atoms with Crippen LogP contribution in [0.4, 0.5) is 0 Å². The van der Waals surface area contributed by atoms with Gasteiger partial charge in [0.15, 0.2) is 0 Å². The maximum absolute atomic E-state index is 3.40. The van der Waals surface area contributed by atoms with Crippen LogP contribution in [0.25, 0.3) is 0 Å². The number of hydrogen-bond acceptors (Lipinski definition) is 2. The molecule has 1 heterocycles. The van der Waals surface area contributed by atoms with Crippen LogP contribution in [-0.4, -0.2) is 37.6 Å². The van der Waals surface area contributed by atoms with Gasteiger partial charge >= 0.3 is 0 Å². The van der Waals surface area contributed by atoms with Gasteiger partial charge in [0.05, 0.1) is 0 Å². The zero-order valence-corrected chi connectivity index (χ0v) is 12.7. The van der Waals surface area contributed by atoms with Gasteiger partial charge in [-0.1, -0.05) is 27.7 Å². The molecule has 0 aliphatic carbocycles. The first kappa shape index (κ1) is 15.0. The number of nitrogens with zero attached hydrogens (tertiary/aromatic N) is 1. The first-order chi connectivity index (χ1) is 7.86. The van der Waals surface area contributed by atoms with Crippen molar-refractivity contribution in [3.05, 3.63) is 0 Å².